The zero-order valence-electron chi connectivity index (χ0n) is 14.9. The molecule has 6 heteroatoms. The van der Waals surface area contributed by atoms with Crippen molar-refractivity contribution in [3.05, 3.63) is 50.6 Å². The fourth-order valence-electron chi connectivity index (χ4n) is 1.61. The predicted octanol–water partition coefficient (Wildman–Crippen LogP) is 6.49. The third kappa shape index (κ3) is 17.2. The van der Waals surface area contributed by atoms with Crippen molar-refractivity contribution in [3.8, 4) is 0 Å². The van der Waals surface area contributed by atoms with E-state index in [0.29, 0.717) is 0 Å². The second-order valence-corrected chi connectivity index (χ2v) is 4.80. The lowest BCUT2D eigenvalue weighted by atomic mass is 10.1. The Morgan fingerprint density at radius 3 is 1.29 bits per heavy atom. The summed E-state index contributed by atoms with van der Waals surface area (Å²) in [6.45, 7) is 11.6. The summed E-state index contributed by atoms with van der Waals surface area (Å²) < 4.78 is 3.56. The minimum Gasteiger partial charge on any atom is -0.314 e. The van der Waals surface area contributed by atoms with Crippen LogP contribution in [0.4, 0.5) is 0 Å². The summed E-state index contributed by atoms with van der Waals surface area (Å²) in [6, 6.07) is 0. The largest absolute Gasteiger partial charge is 0.314 e. The highest BCUT2D eigenvalue weighted by Gasteiger charge is 1.83. The molecule has 0 atom stereocenters. The number of unbranched alkanes of at least 4 members (excludes halogenated alkanes) is 5. The Hall–Kier alpha value is -1.14. The molecule has 24 heavy (non-hydrogen) atoms. The van der Waals surface area contributed by atoms with Crippen LogP contribution in [0.3, 0.4) is 0 Å². The minimum atomic E-state index is 0. The van der Waals surface area contributed by atoms with Gasteiger partial charge >= 0.3 is 0 Å². The van der Waals surface area contributed by atoms with Crippen molar-refractivity contribution in [1.82, 2.24) is 19.1 Å². The van der Waals surface area contributed by atoms with E-state index in [-0.39, 0.29) is 34.0 Å². The van der Waals surface area contributed by atoms with Gasteiger partial charge in [-0.1, -0.05) is 65.5 Å². The van der Waals surface area contributed by atoms with Gasteiger partial charge < -0.3 is 9.13 Å². The van der Waals surface area contributed by atoms with Crippen LogP contribution in [0.15, 0.2) is 50.6 Å². The first-order valence-electron chi connectivity index (χ1n) is 7.98. The smallest absolute Gasteiger partial charge is 0.0986 e. The van der Waals surface area contributed by atoms with Crippen LogP contribution in [-0.2, 0) is 0 Å². The average Bonchev–Trinajstić information content (AvgIpc) is 3.25. The Labute approximate surface area is 168 Å². The molecule has 0 fully saturated rings. The van der Waals surface area contributed by atoms with Crippen LogP contribution in [0.2, 0.25) is 0 Å². The molecule has 0 N–H and O–H groups in total. The van der Waals surface area contributed by atoms with Crippen LogP contribution in [0, 0.1) is 0 Å². The van der Waals surface area contributed by atoms with Crippen LogP contribution in [0.1, 0.15) is 52.4 Å². The van der Waals surface area contributed by atoms with Crippen molar-refractivity contribution in [2.24, 2.45) is 0 Å². The maximum absolute atomic E-state index is 3.78. The second-order valence-electron chi connectivity index (χ2n) is 4.80. The molecule has 0 aliphatic heterocycles. The molecule has 0 aromatic carbocycles. The molecule has 0 radical (unpaired) electrons. The summed E-state index contributed by atoms with van der Waals surface area (Å²) >= 11 is 0. The minimum absolute atomic E-state index is 0. The molecule has 2 rings (SSSR count). The van der Waals surface area contributed by atoms with Crippen LogP contribution in [-0.4, -0.2) is 19.1 Å². The molecule has 0 aliphatic rings. The topological polar surface area (TPSA) is 35.6 Å². The lowest BCUT2D eigenvalue weighted by Gasteiger charge is -1.93. The highest BCUT2D eigenvalue weighted by Crippen LogP contribution is 2.03. The van der Waals surface area contributed by atoms with E-state index in [1.165, 1.54) is 38.5 Å². The Morgan fingerprint density at radius 1 is 0.750 bits per heavy atom. The third-order valence-corrected chi connectivity index (χ3v) is 2.93. The second kappa shape index (κ2) is 21.9. The van der Waals surface area contributed by atoms with Gasteiger partial charge in [0.15, 0.2) is 0 Å². The van der Waals surface area contributed by atoms with Gasteiger partial charge in [-0.05, 0) is 0 Å². The Balaban J connectivity index is -0.000000265. The molecular weight excluding hydrogens is 432 g/mol. The molecule has 0 amide bonds. The van der Waals surface area contributed by atoms with E-state index < -0.39 is 0 Å². The van der Waals surface area contributed by atoms with Gasteiger partial charge in [0.05, 0.1) is 12.7 Å². The lowest BCUT2D eigenvalue weighted by molar-refractivity contribution is 0.624. The number of rotatable bonds is 7. The normalized spacial score (nSPS) is 8.25. The summed E-state index contributed by atoms with van der Waals surface area (Å²) in [4.78, 5) is 7.57. The van der Waals surface area contributed by atoms with Crippen molar-refractivity contribution >= 4 is 46.4 Å². The molecule has 0 saturated heterocycles. The van der Waals surface area contributed by atoms with Gasteiger partial charge in [0, 0.05) is 37.2 Å². The molecule has 0 unspecified atom stereocenters. The molecule has 138 valence electrons. The van der Waals surface area contributed by atoms with Gasteiger partial charge in [0.1, 0.15) is 0 Å². The van der Waals surface area contributed by atoms with Gasteiger partial charge in [-0.25, -0.2) is 9.97 Å². The molecule has 2 aromatic rings. The quantitative estimate of drug-likeness (QED) is 0.439. The van der Waals surface area contributed by atoms with Crippen molar-refractivity contribution in [1.29, 1.82) is 0 Å². The van der Waals surface area contributed by atoms with E-state index in [2.05, 4.69) is 37.0 Å². The maximum atomic E-state index is 3.78. The Kier molecular flexibility index (Phi) is 25.2. The standard InChI is InChI=1S/C8H18.2C5H6N2.2BrH/c1-3-5-7-8-6-4-2;2*1-2-7-4-3-6-5-7;;/h3-8H2,1-2H3;2*2-5H,1H2;2*1H. The SMILES string of the molecule is Br.Br.C=Cn1ccnc1.C=Cn1ccnc1.CCCCCCCC. The summed E-state index contributed by atoms with van der Waals surface area (Å²) in [5.74, 6) is 0. The van der Waals surface area contributed by atoms with Crippen molar-refractivity contribution in [2.45, 2.75) is 52.4 Å². The number of nitrogens with zero attached hydrogens (tertiary/aromatic N) is 4. The van der Waals surface area contributed by atoms with Crippen LogP contribution in [0.25, 0.3) is 12.4 Å². The number of aromatic nitrogens is 4. The highest BCUT2D eigenvalue weighted by molar-refractivity contribution is 8.93. The van der Waals surface area contributed by atoms with Gasteiger partial charge in [-0.3, -0.25) is 0 Å². The summed E-state index contributed by atoms with van der Waals surface area (Å²) in [6.07, 6.45) is 22.3. The fraction of sp³-hybridized carbons (Fsp3) is 0.444. The van der Waals surface area contributed by atoms with Gasteiger partial charge in [0.25, 0.3) is 0 Å². The van der Waals surface area contributed by atoms with Crippen molar-refractivity contribution in [2.75, 3.05) is 0 Å². The summed E-state index contributed by atoms with van der Waals surface area (Å²) in [5, 5.41) is 0. The van der Waals surface area contributed by atoms with E-state index in [9.17, 15) is 0 Å². The van der Waals surface area contributed by atoms with Gasteiger partial charge in [-0.15, -0.1) is 34.0 Å². The first-order valence-corrected chi connectivity index (χ1v) is 7.98. The molecular formula is C18H32Br2N4. The first-order chi connectivity index (χ1) is 10.8. The van der Waals surface area contributed by atoms with E-state index >= 15 is 0 Å². The van der Waals surface area contributed by atoms with Gasteiger partial charge in [0.2, 0.25) is 0 Å². The summed E-state index contributed by atoms with van der Waals surface area (Å²) in [7, 11) is 0. The number of halogens is 2. The van der Waals surface area contributed by atoms with E-state index in [1.807, 2.05) is 12.4 Å². The van der Waals surface area contributed by atoms with E-state index in [0.717, 1.165) is 0 Å². The van der Waals surface area contributed by atoms with Gasteiger partial charge in [-0.2, -0.15) is 0 Å². The van der Waals surface area contributed by atoms with E-state index in [1.54, 1.807) is 46.6 Å². The van der Waals surface area contributed by atoms with Crippen LogP contribution < -0.4 is 0 Å². The zero-order valence-corrected chi connectivity index (χ0v) is 18.3. The van der Waals surface area contributed by atoms with Crippen LogP contribution >= 0.6 is 34.0 Å². The third-order valence-electron chi connectivity index (χ3n) is 2.93. The molecule has 0 saturated carbocycles. The van der Waals surface area contributed by atoms with Crippen molar-refractivity contribution < 1.29 is 0 Å². The molecule has 0 spiro atoms. The van der Waals surface area contributed by atoms with E-state index in [4.69, 9.17) is 0 Å². The number of hydrogen-bond acceptors (Lipinski definition) is 2. The highest BCUT2D eigenvalue weighted by atomic mass is 79.9. The number of hydrogen-bond donors (Lipinski definition) is 0. The van der Waals surface area contributed by atoms with Crippen molar-refractivity contribution in [3.63, 3.8) is 0 Å². The Morgan fingerprint density at radius 2 is 1.12 bits per heavy atom. The van der Waals surface area contributed by atoms with Crippen LogP contribution in [0.5, 0.6) is 0 Å². The zero-order chi connectivity index (χ0) is 16.5. The lowest BCUT2D eigenvalue weighted by Crippen LogP contribution is -1.73. The fourth-order valence-corrected chi connectivity index (χ4v) is 1.61. The average molecular weight is 464 g/mol. The molecule has 0 aliphatic carbocycles. The molecule has 2 heterocycles. The Bertz CT molecular complexity index is 409. The monoisotopic (exact) mass is 462 g/mol. The molecule has 0 bridgehead atoms. The molecule has 2 aromatic heterocycles. The number of imidazole rings is 2. The maximum Gasteiger partial charge on any atom is 0.0986 e. The molecule has 4 nitrogen and oxygen atoms in total. The first kappa shape index (κ1) is 27.7. The summed E-state index contributed by atoms with van der Waals surface area (Å²) in [5.41, 5.74) is 0. The predicted molar refractivity (Wildman–Crippen MR) is 117 cm³/mol.